The summed E-state index contributed by atoms with van der Waals surface area (Å²) in [7, 11) is 0. The predicted molar refractivity (Wildman–Crippen MR) is 98.4 cm³/mol. The van der Waals surface area contributed by atoms with E-state index in [1.165, 1.54) is 0 Å². The van der Waals surface area contributed by atoms with Crippen molar-refractivity contribution in [1.29, 1.82) is 0 Å². The summed E-state index contributed by atoms with van der Waals surface area (Å²) in [6.07, 6.45) is -1.10. The fourth-order valence-electron chi connectivity index (χ4n) is 3.02. The minimum absolute atomic E-state index is 0.584. The number of rotatable bonds is 5. The molecular weight excluding hydrogens is 312 g/mol. The summed E-state index contributed by atoms with van der Waals surface area (Å²) in [5, 5.41) is 20.3. The molecule has 3 rings (SSSR count). The van der Waals surface area contributed by atoms with Crippen molar-refractivity contribution in [3.8, 4) is 11.1 Å². The molecule has 0 heterocycles. The van der Waals surface area contributed by atoms with Crippen molar-refractivity contribution in [2.45, 2.75) is 18.9 Å². The molecule has 3 aromatic rings. The highest BCUT2D eigenvalue weighted by Gasteiger charge is 2.29. The lowest BCUT2D eigenvalue weighted by molar-refractivity contribution is -0.141. The van der Waals surface area contributed by atoms with E-state index in [1.807, 2.05) is 67.6 Å². The number of benzene rings is 3. The molecule has 0 amide bonds. The molecular formula is C22H20O3. The van der Waals surface area contributed by atoms with Gasteiger partial charge in [-0.3, -0.25) is 4.79 Å². The topological polar surface area (TPSA) is 57.5 Å². The van der Waals surface area contributed by atoms with Crippen LogP contribution < -0.4 is 0 Å². The predicted octanol–water partition coefficient (Wildman–Crippen LogP) is 4.56. The van der Waals surface area contributed by atoms with Crippen LogP contribution >= 0.6 is 0 Å². The Morgan fingerprint density at radius 1 is 0.800 bits per heavy atom. The van der Waals surface area contributed by atoms with Crippen LogP contribution in [0.15, 0.2) is 78.9 Å². The van der Waals surface area contributed by atoms with Gasteiger partial charge in [0.2, 0.25) is 0 Å². The largest absolute Gasteiger partial charge is 0.481 e. The van der Waals surface area contributed by atoms with Crippen LogP contribution in [0.4, 0.5) is 0 Å². The number of hydrogen-bond donors (Lipinski definition) is 2. The molecule has 3 nitrogen and oxygen atoms in total. The van der Waals surface area contributed by atoms with E-state index in [0.717, 1.165) is 16.7 Å². The van der Waals surface area contributed by atoms with Crippen molar-refractivity contribution in [1.82, 2.24) is 0 Å². The Morgan fingerprint density at radius 2 is 1.44 bits per heavy atom. The van der Waals surface area contributed by atoms with E-state index in [4.69, 9.17) is 0 Å². The molecule has 2 unspecified atom stereocenters. The van der Waals surface area contributed by atoms with E-state index in [9.17, 15) is 15.0 Å². The van der Waals surface area contributed by atoms with Crippen molar-refractivity contribution in [2.24, 2.45) is 0 Å². The van der Waals surface area contributed by atoms with Gasteiger partial charge >= 0.3 is 5.97 Å². The van der Waals surface area contributed by atoms with Gasteiger partial charge in [0.15, 0.2) is 0 Å². The molecule has 0 saturated carbocycles. The molecule has 0 aliphatic carbocycles. The van der Waals surface area contributed by atoms with E-state index in [1.54, 1.807) is 18.2 Å². The maximum absolute atomic E-state index is 11.8. The second kappa shape index (κ2) is 7.32. The summed E-state index contributed by atoms with van der Waals surface area (Å²) in [4.78, 5) is 11.8. The molecule has 126 valence electrons. The van der Waals surface area contributed by atoms with Gasteiger partial charge in [0, 0.05) is 0 Å². The smallest absolute Gasteiger partial charge is 0.314 e. The zero-order valence-electron chi connectivity index (χ0n) is 14.0. The van der Waals surface area contributed by atoms with Crippen LogP contribution in [0, 0.1) is 6.92 Å². The van der Waals surface area contributed by atoms with Crippen LogP contribution in [-0.2, 0) is 4.79 Å². The molecule has 0 saturated heterocycles. The van der Waals surface area contributed by atoms with Crippen molar-refractivity contribution < 1.29 is 15.0 Å². The van der Waals surface area contributed by atoms with Crippen LogP contribution in [0.3, 0.4) is 0 Å². The van der Waals surface area contributed by atoms with E-state index in [2.05, 4.69) is 0 Å². The number of aryl methyl sites for hydroxylation is 1. The molecule has 0 bridgehead atoms. The second-order valence-electron chi connectivity index (χ2n) is 6.16. The first-order chi connectivity index (χ1) is 12.1. The fraction of sp³-hybridized carbons (Fsp3) is 0.136. The first-order valence-corrected chi connectivity index (χ1v) is 8.19. The second-order valence-corrected chi connectivity index (χ2v) is 6.16. The molecule has 3 heteroatoms. The Bertz CT molecular complexity index is 854. The lowest BCUT2D eigenvalue weighted by atomic mass is 9.88. The molecule has 0 aliphatic heterocycles. The monoisotopic (exact) mass is 332 g/mol. The molecule has 25 heavy (non-hydrogen) atoms. The van der Waals surface area contributed by atoms with Gasteiger partial charge in [-0.1, -0.05) is 84.4 Å². The highest BCUT2D eigenvalue weighted by Crippen LogP contribution is 2.33. The van der Waals surface area contributed by atoms with E-state index in [0.29, 0.717) is 11.1 Å². The Hall–Kier alpha value is -2.91. The average molecular weight is 332 g/mol. The summed E-state index contributed by atoms with van der Waals surface area (Å²) < 4.78 is 0. The summed E-state index contributed by atoms with van der Waals surface area (Å²) in [5.74, 6) is -2.05. The SMILES string of the molecule is Cc1cccc(C(O)C(C(=O)O)c2ccc(-c3ccccc3)cc2)c1. The Kier molecular flexibility index (Phi) is 4.96. The maximum atomic E-state index is 11.8. The maximum Gasteiger partial charge on any atom is 0.314 e. The van der Waals surface area contributed by atoms with E-state index < -0.39 is 18.0 Å². The molecule has 0 fully saturated rings. The molecule has 0 aliphatic rings. The quantitative estimate of drug-likeness (QED) is 0.720. The summed E-state index contributed by atoms with van der Waals surface area (Å²) in [6, 6.07) is 24.5. The van der Waals surface area contributed by atoms with Crippen molar-refractivity contribution in [2.75, 3.05) is 0 Å². The number of carbonyl (C=O) groups is 1. The number of hydrogen-bond acceptors (Lipinski definition) is 2. The third kappa shape index (κ3) is 3.78. The molecule has 0 radical (unpaired) electrons. The lowest BCUT2D eigenvalue weighted by Crippen LogP contribution is -2.20. The van der Waals surface area contributed by atoms with Gasteiger partial charge in [0.25, 0.3) is 0 Å². The molecule has 0 aromatic heterocycles. The average Bonchev–Trinajstić information content (AvgIpc) is 2.63. The van der Waals surface area contributed by atoms with E-state index >= 15 is 0 Å². The highest BCUT2D eigenvalue weighted by molar-refractivity contribution is 5.78. The van der Waals surface area contributed by atoms with Crippen molar-refractivity contribution >= 4 is 5.97 Å². The summed E-state index contributed by atoms with van der Waals surface area (Å²) in [5.41, 5.74) is 4.26. The fourth-order valence-corrected chi connectivity index (χ4v) is 3.02. The molecule has 2 N–H and O–H groups in total. The minimum Gasteiger partial charge on any atom is -0.481 e. The zero-order valence-corrected chi connectivity index (χ0v) is 14.0. The van der Waals surface area contributed by atoms with Gasteiger partial charge in [-0.15, -0.1) is 0 Å². The normalized spacial score (nSPS) is 13.2. The Balaban J connectivity index is 1.92. The van der Waals surface area contributed by atoms with Gasteiger partial charge in [0.05, 0.1) is 6.10 Å². The molecule has 0 spiro atoms. The van der Waals surface area contributed by atoms with Crippen molar-refractivity contribution in [3.05, 3.63) is 95.6 Å². The third-order valence-electron chi connectivity index (χ3n) is 4.34. The molecule has 3 aromatic carbocycles. The number of aliphatic hydroxyl groups excluding tert-OH is 1. The van der Waals surface area contributed by atoms with Gasteiger partial charge in [-0.05, 0) is 29.2 Å². The van der Waals surface area contributed by atoms with Crippen LogP contribution in [0.5, 0.6) is 0 Å². The number of aliphatic hydroxyl groups is 1. The Morgan fingerprint density at radius 3 is 2.04 bits per heavy atom. The van der Waals surface area contributed by atoms with Crippen LogP contribution in [-0.4, -0.2) is 16.2 Å². The van der Waals surface area contributed by atoms with E-state index in [-0.39, 0.29) is 0 Å². The molecule has 2 atom stereocenters. The Labute approximate surface area is 147 Å². The van der Waals surface area contributed by atoms with Gasteiger partial charge in [-0.25, -0.2) is 0 Å². The van der Waals surface area contributed by atoms with Gasteiger partial charge in [0.1, 0.15) is 5.92 Å². The highest BCUT2D eigenvalue weighted by atomic mass is 16.4. The van der Waals surface area contributed by atoms with Gasteiger partial charge in [-0.2, -0.15) is 0 Å². The summed E-state index contributed by atoms with van der Waals surface area (Å²) >= 11 is 0. The first-order valence-electron chi connectivity index (χ1n) is 8.19. The minimum atomic E-state index is -1.10. The third-order valence-corrected chi connectivity index (χ3v) is 4.34. The number of carboxylic acids is 1. The van der Waals surface area contributed by atoms with Gasteiger partial charge < -0.3 is 10.2 Å². The summed E-state index contributed by atoms with van der Waals surface area (Å²) in [6.45, 7) is 1.92. The van der Waals surface area contributed by atoms with Crippen molar-refractivity contribution in [3.63, 3.8) is 0 Å². The van der Waals surface area contributed by atoms with Crippen LogP contribution in [0.1, 0.15) is 28.7 Å². The lowest BCUT2D eigenvalue weighted by Gasteiger charge is -2.20. The first kappa shape index (κ1) is 16.9. The zero-order chi connectivity index (χ0) is 17.8. The standard InChI is InChI=1S/C22H20O3/c1-15-6-5-9-19(14-15)21(23)20(22(24)25)18-12-10-17(11-13-18)16-7-3-2-4-8-16/h2-14,20-21,23H,1H3,(H,24,25). The number of carboxylic acid groups (broad SMARTS) is 1. The van der Waals surface area contributed by atoms with Crippen LogP contribution in [0.25, 0.3) is 11.1 Å². The number of aliphatic carboxylic acids is 1. The van der Waals surface area contributed by atoms with Crippen LogP contribution in [0.2, 0.25) is 0 Å².